The lowest BCUT2D eigenvalue weighted by Gasteiger charge is -2.09. The number of fused-ring (bicyclic) bond motifs is 1. The van der Waals surface area contributed by atoms with Crippen molar-refractivity contribution in [3.05, 3.63) is 34.8 Å². The van der Waals surface area contributed by atoms with E-state index in [0.29, 0.717) is 16.5 Å². The summed E-state index contributed by atoms with van der Waals surface area (Å²) in [5.41, 5.74) is 0.00176. The predicted molar refractivity (Wildman–Crippen MR) is 58.6 cm³/mol. The Morgan fingerprint density at radius 3 is 2.75 bits per heavy atom. The molecule has 0 bridgehead atoms. The van der Waals surface area contributed by atoms with Gasteiger partial charge in [-0.2, -0.15) is 0 Å². The molecule has 0 atom stereocenters. The standard InChI is InChI=1S/C11H11NO4/c1-7(2)16-9-3-8-5-15-6-10(8)11(4-9)12(13)14/h3-7H,1-2H3. The summed E-state index contributed by atoms with van der Waals surface area (Å²) in [7, 11) is 0. The summed E-state index contributed by atoms with van der Waals surface area (Å²) < 4.78 is 10.4. The number of furan rings is 1. The molecule has 16 heavy (non-hydrogen) atoms. The number of nitro groups is 1. The van der Waals surface area contributed by atoms with Crippen molar-refractivity contribution in [2.24, 2.45) is 0 Å². The van der Waals surface area contributed by atoms with Crippen LogP contribution in [-0.4, -0.2) is 11.0 Å². The molecule has 0 aliphatic heterocycles. The molecule has 2 rings (SSSR count). The SMILES string of the molecule is CC(C)Oc1cc([N+](=O)[O-])c2cocc2c1. The van der Waals surface area contributed by atoms with Gasteiger partial charge in [0.05, 0.1) is 28.7 Å². The van der Waals surface area contributed by atoms with E-state index in [-0.39, 0.29) is 11.8 Å². The minimum absolute atomic E-state index is 0.00176. The summed E-state index contributed by atoms with van der Waals surface area (Å²) >= 11 is 0. The van der Waals surface area contributed by atoms with Crippen molar-refractivity contribution >= 4 is 16.5 Å². The van der Waals surface area contributed by atoms with Crippen LogP contribution in [-0.2, 0) is 0 Å². The van der Waals surface area contributed by atoms with Gasteiger partial charge in [-0.05, 0) is 19.9 Å². The highest BCUT2D eigenvalue weighted by atomic mass is 16.6. The lowest BCUT2D eigenvalue weighted by atomic mass is 10.2. The Labute approximate surface area is 91.8 Å². The number of non-ortho nitro benzene ring substituents is 1. The van der Waals surface area contributed by atoms with Gasteiger partial charge < -0.3 is 9.15 Å². The molecule has 1 aromatic carbocycles. The Morgan fingerprint density at radius 2 is 2.12 bits per heavy atom. The number of hydrogen-bond donors (Lipinski definition) is 0. The van der Waals surface area contributed by atoms with Crippen molar-refractivity contribution < 1.29 is 14.1 Å². The van der Waals surface area contributed by atoms with Crippen molar-refractivity contribution in [2.75, 3.05) is 0 Å². The van der Waals surface area contributed by atoms with Gasteiger partial charge in [-0.3, -0.25) is 10.1 Å². The van der Waals surface area contributed by atoms with Crippen LogP contribution in [0.4, 0.5) is 5.69 Å². The fourth-order valence-electron chi connectivity index (χ4n) is 1.53. The molecule has 84 valence electrons. The van der Waals surface area contributed by atoms with Crippen molar-refractivity contribution in [1.29, 1.82) is 0 Å². The average Bonchev–Trinajstić information content (AvgIpc) is 2.62. The van der Waals surface area contributed by atoms with Gasteiger partial charge in [0, 0.05) is 5.39 Å². The molecular weight excluding hydrogens is 210 g/mol. The van der Waals surface area contributed by atoms with Gasteiger partial charge >= 0.3 is 0 Å². The van der Waals surface area contributed by atoms with Gasteiger partial charge in [-0.15, -0.1) is 0 Å². The summed E-state index contributed by atoms with van der Waals surface area (Å²) in [6.07, 6.45) is 2.81. The Hall–Kier alpha value is -2.04. The van der Waals surface area contributed by atoms with E-state index in [2.05, 4.69) is 0 Å². The Morgan fingerprint density at radius 1 is 1.38 bits per heavy atom. The Balaban J connectivity index is 2.57. The van der Waals surface area contributed by atoms with E-state index in [9.17, 15) is 10.1 Å². The van der Waals surface area contributed by atoms with Crippen LogP contribution in [0.3, 0.4) is 0 Å². The summed E-state index contributed by atoms with van der Waals surface area (Å²) in [6, 6.07) is 3.14. The predicted octanol–water partition coefficient (Wildman–Crippen LogP) is 3.13. The van der Waals surface area contributed by atoms with E-state index in [0.717, 1.165) is 0 Å². The molecule has 0 aliphatic carbocycles. The number of hydrogen-bond acceptors (Lipinski definition) is 4. The molecule has 0 aliphatic rings. The van der Waals surface area contributed by atoms with Crippen LogP contribution in [0.15, 0.2) is 29.1 Å². The molecule has 0 amide bonds. The smallest absolute Gasteiger partial charge is 0.284 e. The van der Waals surface area contributed by atoms with E-state index in [1.54, 1.807) is 6.07 Å². The van der Waals surface area contributed by atoms with Crippen LogP contribution in [0.2, 0.25) is 0 Å². The first kappa shape index (κ1) is 10.5. The van der Waals surface area contributed by atoms with Gasteiger partial charge in [0.25, 0.3) is 5.69 Å². The maximum Gasteiger partial charge on any atom is 0.284 e. The summed E-state index contributed by atoms with van der Waals surface area (Å²) in [5, 5.41) is 12.0. The highest BCUT2D eigenvalue weighted by Gasteiger charge is 2.16. The summed E-state index contributed by atoms with van der Waals surface area (Å²) in [4.78, 5) is 10.4. The highest BCUT2D eigenvalue weighted by Crippen LogP contribution is 2.32. The lowest BCUT2D eigenvalue weighted by molar-refractivity contribution is -0.383. The first-order valence-corrected chi connectivity index (χ1v) is 4.89. The van der Waals surface area contributed by atoms with E-state index in [1.165, 1.54) is 18.6 Å². The first-order valence-electron chi connectivity index (χ1n) is 4.89. The van der Waals surface area contributed by atoms with Crippen LogP contribution >= 0.6 is 0 Å². The maximum atomic E-state index is 10.9. The topological polar surface area (TPSA) is 65.5 Å². The van der Waals surface area contributed by atoms with E-state index >= 15 is 0 Å². The van der Waals surface area contributed by atoms with Crippen LogP contribution < -0.4 is 4.74 Å². The van der Waals surface area contributed by atoms with Gasteiger partial charge in [0.2, 0.25) is 0 Å². The molecule has 0 unspecified atom stereocenters. The van der Waals surface area contributed by atoms with Crippen molar-refractivity contribution in [1.82, 2.24) is 0 Å². The normalized spacial score (nSPS) is 10.9. The quantitative estimate of drug-likeness (QED) is 0.590. The van der Waals surface area contributed by atoms with E-state index in [1.807, 2.05) is 13.8 Å². The monoisotopic (exact) mass is 221 g/mol. The summed E-state index contributed by atoms with van der Waals surface area (Å²) in [6.45, 7) is 3.73. The number of rotatable bonds is 3. The average molecular weight is 221 g/mol. The largest absolute Gasteiger partial charge is 0.491 e. The third-order valence-electron chi connectivity index (χ3n) is 2.11. The lowest BCUT2D eigenvalue weighted by Crippen LogP contribution is -2.05. The third kappa shape index (κ3) is 1.84. The fraction of sp³-hybridized carbons (Fsp3) is 0.273. The first-order chi connectivity index (χ1) is 7.58. The molecule has 0 fully saturated rings. The molecule has 2 aromatic rings. The zero-order valence-electron chi connectivity index (χ0n) is 8.97. The van der Waals surface area contributed by atoms with Crippen LogP contribution in [0, 0.1) is 10.1 Å². The molecule has 0 N–H and O–H groups in total. The third-order valence-corrected chi connectivity index (χ3v) is 2.11. The second-order valence-electron chi connectivity index (χ2n) is 3.74. The molecule has 5 nitrogen and oxygen atoms in total. The fourth-order valence-corrected chi connectivity index (χ4v) is 1.53. The summed E-state index contributed by atoms with van der Waals surface area (Å²) in [5.74, 6) is 0.482. The van der Waals surface area contributed by atoms with Gasteiger partial charge in [0.15, 0.2) is 0 Å². The minimum Gasteiger partial charge on any atom is -0.491 e. The van der Waals surface area contributed by atoms with Crippen LogP contribution in [0.5, 0.6) is 5.75 Å². The molecule has 0 radical (unpaired) electrons. The molecule has 1 heterocycles. The van der Waals surface area contributed by atoms with E-state index in [4.69, 9.17) is 9.15 Å². The van der Waals surface area contributed by atoms with Gasteiger partial charge in [0.1, 0.15) is 12.0 Å². The molecule has 0 spiro atoms. The van der Waals surface area contributed by atoms with Crippen LogP contribution in [0.1, 0.15) is 13.8 Å². The zero-order valence-corrected chi connectivity index (χ0v) is 8.97. The Bertz CT molecular complexity index is 530. The minimum atomic E-state index is -0.439. The van der Waals surface area contributed by atoms with Crippen molar-refractivity contribution in [3.63, 3.8) is 0 Å². The molecule has 5 heteroatoms. The number of nitro benzene ring substituents is 1. The van der Waals surface area contributed by atoms with E-state index < -0.39 is 4.92 Å². The van der Waals surface area contributed by atoms with Gasteiger partial charge in [-0.25, -0.2) is 0 Å². The molecule has 1 aromatic heterocycles. The second kappa shape index (κ2) is 3.84. The molecule has 0 saturated carbocycles. The second-order valence-corrected chi connectivity index (χ2v) is 3.74. The molecule has 0 saturated heterocycles. The van der Waals surface area contributed by atoms with Crippen LogP contribution in [0.25, 0.3) is 10.8 Å². The number of ether oxygens (including phenoxy) is 1. The zero-order chi connectivity index (χ0) is 11.7. The van der Waals surface area contributed by atoms with Crippen molar-refractivity contribution in [2.45, 2.75) is 20.0 Å². The molecular formula is C11H11NO4. The maximum absolute atomic E-state index is 10.9. The number of benzene rings is 1. The van der Waals surface area contributed by atoms with Crippen molar-refractivity contribution in [3.8, 4) is 5.75 Å². The number of nitrogens with zero attached hydrogens (tertiary/aromatic N) is 1. The Kier molecular flexibility index (Phi) is 2.52. The van der Waals surface area contributed by atoms with Gasteiger partial charge in [-0.1, -0.05) is 0 Å². The highest BCUT2D eigenvalue weighted by molar-refractivity contribution is 5.91.